The number of pyridine rings is 2. The predicted octanol–water partition coefficient (Wildman–Crippen LogP) is 5.25. The van der Waals surface area contributed by atoms with Crippen molar-refractivity contribution in [1.82, 2.24) is 14.9 Å². The van der Waals surface area contributed by atoms with Crippen molar-refractivity contribution in [3.05, 3.63) is 30.5 Å². The standard InChI is InChI=1S/C27H34F3N5O7S/c1-26(2,3)41-25(38)35(19-7-5-4-6-8-19)22-15-18(9-10-31-22)21-16-20(42-43(39,40)27(28,29)30)17-23(32-21)33-11-13-34(14-12-33)24(36)37/h9-10,15-17,19H,4-8,11-14H2,1-3H3,(H,36,37). The lowest BCUT2D eigenvalue weighted by Crippen LogP contribution is -2.48. The fourth-order valence-electron chi connectivity index (χ4n) is 4.94. The van der Waals surface area contributed by atoms with Crippen LogP contribution in [0.5, 0.6) is 5.75 Å². The fraction of sp³-hybridized carbons (Fsp3) is 0.556. The number of anilines is 2. The molecule has 0 aromatic carbocycles. The van der Waals surface area contributed by atoms with Crippen LogP contribution in [0.2, 0.25) is 0 Å². The van der Waals surface area contributed by atoms with E-state index in [1.165, 1.54) is 28.1 Å². The molecule has 12 nitrogen and oxygen atoms in total. The number of piperazine rings is 1. The summed E-state index contributed by atoms with van der Waals surface area (Å²) in [6.45, 7) is 5.75. The number of carbonyl (C=O) groups excluding carboxylic acids is 1. The first-order valence-electron chi connectivity index (χ1n) is 13.8. The van der Waals surface area contributed by atoms with Gasteiger partial charge in [-0.25, -0.2) is 19.6 Å². The normalized spacial score (nSPS) is 17.0. The Kier molecular flexibility index (Phi) is 9.27. The van der Waals surface area contributed by atoms with Gasteiger partial charge in [-0.1, -0.05) is 19.3 Å². The number of carbonyl (C=O) groups is 2. The van der Waals surface area contributed by atoms with Crippen molar-refractivity contribution in [3.8, 4) is 17.0 Å². The summed E-state index contributed by atoms with van der Waals surface area (Å²) >= 11 is 0. The first-order chi connectivity index (χ1) is 20.0. The van der Waals surface area contributed by atoms with Gasteiger partial charge >= 0.3 is 27.8 Å². The van der Waals surface area contributed by atoms with E-state index in [2.05, 4.69) is 14.2 Å². The SMILES string of the molecule is CC(C)(C)OC(=O)N(c1cc(-c2cc(OS(=O)(=O)C(F)(F)F)cc(N3CCN(C(=O)O)CC3)n2)ccn1)C1CCCCC1. The van der Waals surface area contributed by atoms with E-state index >= 15 is 0 Å². The minimum atomic E-state index is -6.00. The molecule has 2 aromatic rings. The Morgan fingerprint density at radius 2 is 1.67 bits per heavy atom. The van der Waals surface area contributed by atoms with Crippen LogP contribution >= 0.6 is 0 Å². The molecule has 2 aromatic heterocycles. The number of ether oxygens (including phenoxy) is 1. The van der Waals surface area contributed by atoms with Crippen molar-refractivity contribution >= 4 is 33.9 Å². The van der Waals surface area contributed by atoms with Crippen molar-refractivity contribution in [2.75, 3.05) is 36.0 Å². The molecule has 0 atom stereocenters. The highest BCUT2D eigenvalue weighted by Gasteiger charge is 2.48. The van der Waals surface area contributed by atoms with Gasteiger partial charge in [-0.3, -0.25) is 4.90 Å². The lowest BCUT2D eigenvalue weighted by atomic mass is 9.94. The third kappa shape index (κ3) is 7.97. The summed E-state index contributed by atoms with van der Waals surface area (Å²) in [6.07, 6.45) is 4.03. The van der Waals surface area contributed by atoms with Gasteiger partial charge < -0.3 is 23.8 Å². The molecule has 1 aliphatic carbocycles. The van der Waals surface area contributed by atoms with Gasteiger partial charge in [0.1, 0.15) is 23.0 Å². The monoisotopic (exact) mass is 629 g/mol. The van der Waals surface area contributed by atoms with Crippen LogP contribution < -0.4 is 14.0 Å². The highest BCUT2D eigenvalue weighted by atomic mass is 32.2. The molecule has 2 fully saturated rings. The molecular weight excluding hydrogens is 595 g/mol. The summed E-state index contributed by atoms with van der Waals surface area (Å²) in [5.74, 6) is -0.302. The summed E-state index contributed by atoms with van der Waals surface area (Å²) in [4.78, 5) is 37.9. The van der Waals surface area contributed by atoms with Crippen LogP contribution in [-0.4, -0.2) is 83.9 Å². The molecule has 0 bridgehead atoms. The first-order valence-corrected chi connectivity index (χ1v) is 15.2. The van der Waals surface area contributed by atoms with Crippen LogP contribution in [-0.2, 0) is 14.9 Å². The van der Waals surface area contributed by atoms with Gasteiger partial charge in [0.25, 0.3) is 0 Å². The second-order valence-corrected chi connectivity index (χ2v) is 12.9. The van der Waals surface area contributed by atoms with Crippen LogP contribution in [0, 0.1) is 0 Å². The van der Waals surface area contributed by atoms with Crippen molar-refractivity contribution < 1.29 is 45.2 Å². The van der Waals surface area contributed by atoms with E-state index in [4.69, 9.17) is 4.74 Å². The molecule has 2 amide bonds. The maximum Gasteiger partial charge on any atom is 0.534 e. The van der Waals surface area contributed by atoms with Gasteiger partial charge in [-0.05, 0) is 45.7 Å². The number of halogens is 3. The molecule has 1 saturated carbocycles. The molecule has 1 aliphatic heterocycles. The Morgan fingerprint density at radius 3 is 2.26 bits per heavy atom. The van der Waals surface area contributed by atoms with E-state index in [1.807, 2.05) is 0 Å². The Balaban J connectivity index is 1.75. The van der Waals surface area contributed by atoms with Crippen LogP contribution in [0.3, 0.4) is 0 Å². The zero-order valence-electron chi connectivity index (χ0n) is 24.0. The second kappa shape index (κ2) is 12.4. The van der Waals surface area contributed by atoms with Crippen LogP contribution in [0.25, 0.3) is 11.3 Å². The van der Waals surface area contributed by atoms with E-state index in [9.17, 15) is 36.3 Å². The molecule has 1 N–H and O–H groups in total. The lowest BCUT2D eigenvalue weighted by molar-refractivity contribution is -0.0500. The average molecular weight is 630 g/mol. The van der Waals surface area contributed by atoms with Crippen molar-refractivity contribution in [2.45, 2.75) is 70.0 Å². The van der Waals surface area contributed by atoms with Crippen LogP contribution in [0.1, 0.15) is 52.9 Å². The molecular formula is C27H34F3N5O7S. The van der Waals surface area contributed by atoms with Gasteiger partial charge in [0.2, 0.25) is 0 Å². The third-order valence-electron chi connectivity index (χ3n) is 6.97. The summed E-state index contributed by atoms with van der Waals surface area (Å²) in [5.41, 5.74) is -6.06. The zero-order chi connectivity index (χ0) is 31.6. The molecule has 2 aliphatic rings. The number of amides is 2. The highest BCUT2D eigenvalue weighted by Crippen LogP contribution is 2.34. The largest absolute Gasteiger partial charge is 0.534 e. The van der Waals surface area contributed by atoms with E-state index in [1.54, 1.807) is 25.7 Å². The summed E-state index contributed by atoms with van der Waals surface area (Å²) in [6, 6.07) is 4.98. The van der Waals surface area contributed by atoms with Crippen LogP contribution in [0.4, 0.5) is 34.4 Å². The number of hydrogen-bond acceptors (Lipinski definition) is 9. The minimum absolute atomic E-state index is 0.0574. The number of aromatic nitrogens is 2. The summed E-state index contributed by atoms with van der Waals surface area (Å²) in [5, 5.41) is 9.26. The molecule has 236 valence electrons. The Morgan fingerprint density at radius 1 is 1.02 bits per heavy atom. The van der Waals surface area contributed by atoms with E-state index < -0.39 is 39.2 Å². The van der Waals surface area contributed by atoms with Gasteiger partial charge in [0.05, 0.1) is 5.69 Å². The van der Waals surface area contributed by atoms with Crippen molar-refractivity contribution in [1.29, 1.82) is 0 Å². The highest BCUT2D eigenvalue weighted by molar-refractivity contribution is 7.88. The van der Waals surface area contributed by atoms with Crippen molar-refractivity contribution in [2.24, 2.45) is 0 Å². The Hall–Kier alpha value is -3.82. The van der Waals surface area contributed by atoms with Gasteiger partial charge in [-0.2, -0.15) is 21.6 Å². The molecule has 0 spiro atoms. The maximum atomic E-state index is 13.3. The third-order valence-corrected chi connectivity index (χ3v) is 7.95. The summed E-state index contributed by atoms with van der Waals surface area (Å²) in [7, 11) is -6.00. The second-order valence-electron chi connectivity index (χ2n) is 11.3. The first kappa shape index (κ1) is 32.1. The maximum absolute atomic E-state index is 13.3. The zero-order valence-corrected chi connectivity index (χ0v) is 24.8. The van der Waals surface area contributed by atoms with Gasteiger partial charge in [0, 0.05) is 56.1 Å². The summed E-state index contributed by atoms with van der Waals surface area (Å²) < 4.78 is 73.4. The molecule has 43 heavy (non-hydrogen) atoms. The number of rotatable bonds is 6. The Labute approximate surface area is 247 Å². The topological polar surface area (TPSA) is 142 Å². The number of carboxylic acid groups (broad SMARTS) is 1. The van der Waals surface area contributed by atoms with Gasteiger partial charge in [-0.15, -0.1) is 0 Å². The smallest absolute Gasteiger partial charge is 0.465 e. The molecule has 3 heterocycles. The molecule has 1 saturated heterocycles. The number of hydrogen-bond donors (Lipinski definition) is 1. The van der Waals surface area contributed by atoms with E-state index in [0.29, 0.717) is 5.56 Å². The number of nitrogens with zero attached hydrogens (tertiary/aromatic N) is 5. The lowest BCUT2D eigenvalue weighted by Gasteiger charge is -2.35. The molecule has 0 radical (unpaired) electrons. The quantitative estimate of drug-likeness (QED) is 0.333. The van der Waals surface area contributed by atoms with Gasteiger partial charge in [0.15, 0.2) is 0 Å². The van der Waals surface area contributed by atoms with Crippen LogP contribution in [0.15, 0.2) is 30.5 Å². The molecule has 16 heteroatoms. The number of alkyl halides is 3. The van der Waals surface area contributed by atoms with E-state index in [0.717, 1.165) is 44.2 Å². The van der Waals surface area contributed by atoms with E-state index in [-0.39, 0.29) is 49.6 Å². The predicted molar refractivity (Wildman–Crippen MR) is 150 cm³/mol. The van der Waals surface area contributed by atoms with Crippen molar-refractivity contribution in [3.63, 3.8) is 0 Å². The fourth-order valence-corrected chi connectivity index (χ4v) is 5.38. The Bertz CT molecular complexity index is 1440. The molecule has 4 rings (SSSR count). The average Bonchev–Trinajstić information content (AvgIpc) is 2.92. The minimum Gasteiger partial charge on any atom is -0.465 e. The molecule has 0 unspecified atom stereocenters.